The molecular formula is C25H20F7N7O4. The molecule has 4 heterocycles. The van der Waals surface area contributed by atoms with Crippen LogP contribution in [0.15, 0.2) is 55.2 Å². The highest BCUT2D eigenvalue weighted by Crippen LogP contribution is 2.32. The number of aryl methyl sites for hydroxylation is 1. The lowest BCUT2D eigenvalue weighted by atomic mass is 10.1. The fraction of sp³-hybridized carbons (Fsp3) is 0.200. The van der Waals surface area contributed by atoms with Gasteiger partial charge in [-0.3, -0.25) is 4.40 Å². The molecule has 0 bridgehead atoms. The number of aromatic amines is 1. The quantitative estimate of drug-likeness (QED) is 0.190. The van der Waals surface area contributed by atoms with Crippen LogP contribution < -0.4 is 5.32 Å². The first kappa shape index (κ1) is 32.2. The second-order valence-electron chi connectivity index (χ2n) is 8.59. The van der Waals surface area contributed by atoms with Crippen molar-refractivity contribution in [2.75, 3.05) is 5.32 Å². The third kappa shape index (κ3) is 8.14. The maximum Gasteiger partial charge on any atom is 0.490 e. The smallest absolute Gasteiger partial charge is 0.475 e. The van der Waals surface area contributed by atoms with Gasteiger partial charge in [0.1, 0.15) is 23.3 Å². The Hall–Kier alpha value is -5.29. The summed E-state index contributed by atoms with van der Waals surface area (Å²) >= 11 is 0. The molecule has 228 valence electrons. The van der Waals surface area contributed by atoms with E-state index >= 15 is 0 Å². The lowest BCUT2D eigenvalue weighted by Gasteiger charge is -2.15. The molecule has 0 spiro atoms. The Morgan fingerprint density at radius 3 is 2.19 bits per heavy atom. The van der Waals surface area contributed by atoms with Crippen LogP contribution in [0.3, 0.4) is 0 Å². The Bertz CT molecular complexity index is 1730. The van der Waals surface area contributed by atoms with Crippen molar-refractivity contribution in [3.8, 4) is 11.3 Å². The highest BCUT2D eigenvalue weighted by atomic mass is 19.4. The van der Waals surface area contributed by atoms with Crippen molar-refractivity contribution < 1.29 is 50.5 Å². The molecule has 5 aromatic rings. The molecule has 1 atom stereocenters. The summed E-state index contributed by atoms with van der Waals surface area (Å²) in [6.07, 6.45) is -5.10. The van der Waals surface area contributed by atoms with E-state index in [1.807, 2.05) is 42.6 Å². The summed E-state index contributed by atoms with van der Waals surface area (Å²) in [4.78, 5) is 38.3. The van der Waals surface area contributed by atoms with Crippen LogP contribution in [-0.2, 0) is 9.59 Å². The molecule has 0 fully saturated rings. The van der Waals surface area contributed by atoms with Gasteiger partial charge in [0, 0.05) is 11.8 Å². The molecular weight excluding hydrogens is 595 g/mol. The van der Waals surface area contributed by atoms with E-state index in [1.165, 1.54) is 18.5 Å². The second kappa shape index (κ2) is 12.7. The summed E-state index contributed by atoms with van der Waals surface area (Å²) < 4.78 is 79.5. The number of imidazole rings is 2. The number of carboxylic acid groups (broad SMARTS) is 2. The third-order valence-electron chi connectivity index (χ3n) is 5.36. The van der Waals surface area contributed by atoms with E-state index < -0.39 is 24.3 Å². The molecule has 0 aliphatic heterocycles. The average molecular weight is 615 g/mol. The molecule has 0 aliphatic carbocycles. The number of rotatable bonds is 4. The van der Waals surface area contributed by atoms with Crippen LogP contribution >= 0.6 is 0 Å². The van der Waals surface area contributed by atoms with E-state index in [0.29, 0.717) is 11.5 Å². The van der Waals surface area contributed by atoms with Crippen molar-refractivity contribution >= 4 is 34.6 Å². The minimum atomic E-state index is -5.08. The number of benzene rings is 1. The van der Waals surface area contributed by atoms with Gasteiger partial charge in [0.25, 0.3) is 0 Å². The average Bonchev–Trinajstić information content (AvgIpc) is 3.53. The summed E-state index contributed by atoms with van der Waals surface area (Å²) in [5.41, 5.74) is 5.62. The minimum absolute atomic E-state index is 0.199. The van der Waals surface area contributed by atoms with Gasteiger partial charge >= 0.3 is 24.3 Å². The Balaban J connectivity index is 0.000000303. The van der Waals surface area contributed by atoms with Crippen LogP contribution in [-0.4, -0.2) is 63.8 Å². The summed E-state index contributed by atoms with van der Waals surface area (Å²) in [5.74, 6) is -5.16. The topological polar surface area (TPSA) is 158 Å². The number of hydrogen-bond donors (Lipinski definition) is 4. The summed E-state index contributed by atoms with van der Waals surface area (Å²) in [6.45, 7) is 4.02. The number of halogens is 7. The van der Waals surface area contributed by atoms with Gasteiger partial charge in [-0.25, -0.2) is 33.9 Å². The molecule has 1 unspecified atom stereocenters. The molecule has 0 saturated heterocycles. The molecule has 43 heavy (non-hydrogen) atoms. The van der Waals surface area contributed by atoms with Gasteiger partial charge in [0.05, 0.1) is 23.8 Å². The molecule has 0 radical (unpaired) electrons. The minimum Gasteiger partial charge on any atom is -0.475 e. The number of carbonyl (C=O) groups is 2. The molecule has 5 rings (SSSR count). The van der Waals surface area contributed by atoms with Crippen molar-refractivity contribution in [1.29, 1.82) is 0 Å². The van der Waals surface area contributed by atoms with E-state index in [-0.39, 0.29) is 11.9 Å². The van der Waals surface area contributed by atoms with Gasteiger partial charge in [-0.15, -0.1) is 0 Å². The van der Waals surface area contributed by atoms with Crippen molar-refractivity contribution in [3.63, 3.8) is 0 Å². The summed E-state index contributed by atoms with van der Waals surface area (Å²) in [6, 6.07) is 10.3. The van der Waals surface area contributed by atoms with Gasteiger partial charge in [-0.05, 0) is 37.6 Å². The van der Waals surface area contributed by atoms with E-state index in [0.717, 1.165) is 33.7 Å². The monoisotopic (exact) mass is 615 g/mol. The normalized spacial score (nSPS) is 12.1. The molecule has 4 N–H and O–H groups in total. The van der Waals surface area contributed by atoms with Gasteiger partial charge in [0.15, 0.2) is 11.5 Å². The zero-order valence-electron chi connectivity index (χ0n) is 21.9. The van der Waals surface area contributed by atoms with Crippen molar-refractivity contribution in [1.82, 2.24) is 29.3 Å². The number of pyridine rings is 1. The fourth-order valence-electron chi connectivity index (χ4n) is 3.54. The number of H-pyrrole nitrogens is 1. The third-order valence-corrected chi connectivity index (χ3v) is 5.36. The number of nitrogens with one attached hydrogen (secondary N) is 2. The number of alkyl halides is 6. The highest BCUT2D eigenvalue weighted by Gasteiger charge is 2.38. The summed E-state index contributed by atoms with van der Waals surface area (Å²) in [5, 5.41) is 17.6. The molecule has 11 nitrogen and oxygen atoms in total. The number of carboxylic acids is 2. The molecule has 0 amide bonds. The predicted molar refractivity (Wildman–Crippen MR) is 136 cm³/mol. The number of anilines is 1. The van der Waals surface area contributed by atoms with Crippen LogP contribution in [0.25, 0.3) is 28.1 Å². The highest BCUT2D eigenvalue weighted by molar-refractivity contribution is 5.82. The zero-order chi connectivity index (χ0) is 32.1. The van der Waals surface area contributed by atoms with Crippen molar-refractivity contribution in [3.05, 3.63) is 72.3 Å². The molecule has 1 aromatic carbocycles. The molecule has 0 aliphatic rings. The van der Waals surface area contributed by atoms with Crippen molar-refractivity contribution in [2.45, 2.75) is 32.2 Å². The fourth-order valence-corrected chi connectivity index (χ4v) is 3.54. The van der Waals surface area contributed by atoms with Gasteiger partial charge in [-0.1, -0.05) is 18.2 Å². The second-order valence-corrected chi connectivity index (χ2v) is 8.59. The Kier molecular flexibility index (Phi) is 9.52. The molecule has 18 heteroatoms. The largest absolute Gasteiger partial charge is 0.490 e. The van der Waals surface area contributed by atoms with Crippen LogP contribution in [0.1, 0.15) is 24.2 Å². The van der Waals surface area contributed by atoms with Crippen LogP contribution in [0, 0.1) is 12.7 Å². The maximum absolute atomic E-state index is 14.0. The number of aromatic nitrogens is 6. The van der Waals surface area contributed by atoms with Crippen LogP contribution in [0.4, 0.5) is 36.6 Å². The van der Waals surface area contributed by atoms with E-state index in [1.54, 1.807) is 12.4 Å². The predicted octanol–water partition coefficient (Wildman–Crippen LogP) is 5.55. The zero-order valence-corrected chi connectivity index (χ0v) is 21.9. The van der Waals surface area contributed by atoms with E-state index in [2.05, 4.69) is 25.3 Å². The number of hydrogen-bond acceptors (Lipinski definition) is 7. The van der Waals surface area contributed by atoms with Crippen molar-refractivity contribution in [2.24, 2.45) is 0 Å². The molecule has 4 aromatic heterocycles. The Morgan fingerprint density at radius 2 is 1.60 bits per heavy atom. The SMILES string of the molecule is Cc1ccc2nc(C(C)Nc3ncnc4nc[nH]c34)c(-c3cccc(F)c3)n2c1.O=C(O)C(F)(F)F.O=C(O)C(F)(F)F. The first-order valence-corrected chi connectivity index (χ1v) is 11.7. The summed E-state index contributed by atoms with van der Waals surface area (Å²) in [7, 11) is 0. The lowest BCUT2D eigenvalue weighted by Crippen LogP contribution is -2.21. The molecule has 0 saturated carbocycles. The first-order chi connectivity index (χ1) is 20.0. The van der Waals surface area contributed by atoms with Gasteiger partial charge in [0.2, 0.25) is 0 Å². The number of aliphatic carboxylic acids is 2. The van der Waals surface area contributed by atoms with E-state index in [9.17, 15) is 30.7 Å². The van der Waals surface area contributed by atoms with Crippen LogP contribution in [0.5, 0.6) is 0 Å². The first-order valence-electron chi connectivity index (χ1n) is 11.7. The van der Waals surface area contributed by atoms with E-state index in [4.69, 9.17) is 24.8 Å². The Labute approximate surface area is 236 Å². The maximum atomic E-state index is 14.0. The van der Waals surface area contributed by atoms with Gasteiger partial charge < -0.3 is 20.5 Å². The lowest BCUT2D eigenvalue weighted by molar-refractivity contribution is -0.193. The van der Waals surface area contributed by atoms with Crippen LogP contribution in [0.2, 0.25) is 0 Å². The van der Waals surface area contributed by atoms with Gasteiger partial charge in [-0.2, -0.15) is 26.3 Å². The number of nitrogens with zero attached hydrogens (tertiary/aromatic N) is 5. The Morgan fingerprint density at radius 1 is 0.977 bits per heavy atom. The number of fused-ring (bicyclic) bond motifs is 2. The standard InChI is InChI=1S/C21H18FN7.2C2HF3O2/c1-12-6-7-16-28-17(19(29(16)9-12)14-4-3-5-15(22)8-14)13(2)27-21-18-20(24-10-23-18)25-11-26-21;2*3-2(4,5)1(6)7/h3-11,13H,1-2H3,(H2,23,24,25,26,27);2*(H,6,7).